The summed E-state index contributed by atoms with van der Waals surface area (Å²) in [7, 11) is 0. The first-order valence-electron chi connectivity index (χ1n) is 7.65. The van der Waals surface area contributed by atoms with E-state index in [1.807, 2.05) is 13.8 Å². The van der Waals surface area contributed by atoms with E-state index in [2.05, 4.69) is 10.6 Å². The molecule has 2 rings (SSSR count). The lowest BCUT2D eigenvalue weighted by atomic mass is 9.97. The van der Waals surface area contributed by atoms with Gasteiger partial charge in [-0.1, -0.05) is 0 Å². The summed E-state index contributed by atoms with van der Waals surface area (Å²) in [4.78, 5) is 22.5. The van der Waals surface area contributed by atoms with Crippen molar-refractivity contribution < 1.29 is 14.7 Å². The number of carbonyl (C=O) groups is 2. The van der Waals surface area contributed by atoms with Crippen LogP contribution in [0.3, 0.4) is 0 Å². The molecule has 0 heterocycles. The summed E-state index contributed by atoms with van der Waals surface area (Å²) < 4.78 is 0. The molecule has 0 aromatic carbocycles. The van der Waals surface area contributed by atoms with Crippen LogP contribution in [0.25, 0.3) is 0 Å². The highest BCUT2D eigenvalue weighted by Gasteiger charge is 2.41. The van der Waals surface area contributed by atoms with E-state index in [0.29, 0.717) is 12.3 Å². The van der Waals surface area contributed by atoms with E-state index in [9.17, 15) is 9.59 Å². The minimum absolute atomic E-state index is 0.0695. The van der Waals surface area contributed by atoms with Gasteiger partial charge in [-0.3, -0.25) is 4.79 Å². The number of aliphatic carboxylic acids is 1. The van der Waals surface area contributed by atoms with Gasteiger partial charge >= 0.3 is 12.0 Å². The van der Waals surface area contributed by atoms with Gasteiger partial charge in [-0.25, -0.2) is 4.79 Å². The maximum absolute atomic E-state index is 11.9. The van der Waals surface area contributed by atoms with E-state index in [0.717, 1.165) is 18.4 Å². The first kappa shape index (κ1) is 15.1. The predicted molar refractivity (Wildman–Crippen MR) is 76.4 cm³/mol. The van der Waals surface area contributed by atoms with Crippen molar-refractivity contribution in [2.45, 2.75) is 57.9 Å². The van der Waals surface area contributed by atoms with Gasteiger partial charge in [0.2, 0.25) is 0 Å². The first-order valence-corrected chi connectivity index (χ1v) is 7.65. The minimum atomic E-state index is -0.831. The normalized spacial score (nSPS) is 18.9. The van der Waals surface area contributed by atoms with E-state index >= 15 is 0 Å². The van der Waals surface area contributed by atoms with Gasteiger partial charge in [-0.2, -0.15) is 0 Å². The van der Waals surface area contributed by atoms with Crippen LogP contribution in [-0.4, -0.2) is 29.2 Å². The van der Waals surface area contributed by atoms with Crippen molar-refractivity contribution in [2.75, 3.05) is 6.54 Å². The lowest BCUT2D eigenvalue weighted by Crippen LogP contribution is -2.49. The SMILES string of the molecule is CC(C)(CCC(=O)O)NC(=O)NCC(C1CC1)C1CC1. The minimum Gasteiger partial charge on any atom is -0.481 e. The van der Waals surface area contributed by atoms with Crippen LogP contribution >= 0.6 is 0 Å². The van der Waals surface area contributed by atoms with Crippen LogP contribution in [0.5, 0.6) is 0 Å². The topological polar surface area (TPSA) is 78.4 Å². The number of carbonyl (C=O) groups excluding carboxylic acids is 1. The maximum Gasteiger partial charge on any atom is 0.315 e. The molecule has 0 unspecified atom stereocenters. The number of hydrogen-bond acceptors (Lipinski definition) is 2. The Labute approximate surface area is 120 Å². The van der Waals surface area contributed by atoms with Crippen molar-refractivity contribution in [3.8, 4) is 0 Å². The molecule has 0 aromatic rings. The van der Waals surface area contributed by atoms with Gasteiger partial charge in [0.25, 0.3) is 0 Å². The molecule has 0 spiro atoms. The number of rotatable bonds is 8. The Morgan fingerprint density at radius 1 is 1.20 bits per heavy atom. The quantitative estimate of drug-likeness (QED) is 0.639. The molecule has 0 aliphatic heterocycles. The van der Waals surface area contributed by atoms with E-state index in [4.69, 9.17) is 5.11 Å². The number of urea groups is 1. The molecule has 2 saturated carbocycles. The zero-order chi connectivity index (χ0) is 14.8. The Bertz CT molecular complexity index is 361. The summed E-state index contributed by atoms with van der Waals surface area (Å²) in [5.74, 6) is 1.47. The summed E-state index contributed by atoms with van der Waals surface area (Å²) in [6.45, 7) is 4.47. The molecule has 2 fully saturated rings. The molecule has 5 heteroatoms. The lowest BCUT2D eigenvalue weighted by Gasteiger charge is -2.26. The first-order chi connectivity index (χ1) is 9.37. The largest absolute Gasteiger partial charge is 0.481 e. The van der Waals surface area contributed by atoms with Crippen molar-refractivity contribution in [3.63, 3.8) is 0 Å². The van der Waals surface area contributed by atoms with Crippen LogP contribution in [0.15, 0.2) is 0 Å². The van der Waals surface area contributed by atoms with Crippen LogP contribution in [0.4, 0.5) is 4.79 Å². The maximum atomic E-state index is 11.9. The van der Waals surface area contributed by atoms with Gasteiger partial charge in [0.05, 0.1) is 0 Å². The fraction of sp³-hybridized carbons (Fsp3) is 0.867. The summed E-state index contributed by atoms with van der Waals surface area (Å²) >= 11 is 0. The number of nitrogens with one attached hydrogen (secondary N) is 2. The fourth-order valence-electron chi connectivity index (χ4n) is 2.81. The number of carboxylic acids is 1. The Morgan fingerprint density at radius 2 is 1.75 bits per heavy atom. The van der Waals surface area contributed by atoms with Crippen LogP contribution in [0.2, 0.25) is 0 Å². The number of carboxylic acid groups (broad SMARTS) is 1. The number of hydrogen-bond donors (Lipinski definition) is 3. The van der Waals surface area contributed by atoms with Gasteiger partial charge in [0.15, 0.2) is 0 Å². The van der Waals surface area contributed by atoms with Crippen LogP contribution in [0.1, 0.15) is 52.4 Å². The summed E-state index contributed by atoms with van der Waals surface area (Å²) in [5.41, 5.74) is -0.489. The fourth-order valence-corrected chi connectivity index (χ4v) is 2.81. The van der Waals surface area contributed by atoms with Gasteiger partial charge in [0, 0.05) is 18.5 Å². The second-order valence-electron chi connectivity index (χ2n) is 6.95. The van der Waals surface area contributed by atoms with E-state index in [-0.39, 0.29) is 12.5 Å². The Morgan fingerprint density at radius 3 is 2.20 bits per heavy atom. The molecule has 2 aliphatic carbocycles. The molecule has 5 nitrogen and oxygen atoms in total. The molecule has 2 aliphatic rings. The zero-order valence-electron chi connectivity index (χ0n) is 12.4. The standard InChI is InChI=1S/C15H26N2O3/c1-15(2,8-7-13(18)19)17-14(20)16-9-12(10-3-4-10)11-5-6-11/h10-12H,3-9H2,1-2H3,(H,18,19)(H2,16,17,20). The molecule has 0 atom stereocenters. The van der Waals surface area contributed by atoms with Gasteiger partial charge in [-0.15, -0.1) is 0 Å². The molecule has 0 bridgehead atoms. The third-order valence-corrected chi connectivity index (χ3v) is 4.37. The highest BCUT2D eigenvalue weighted by molar-refractivity contribution is 5.75. The molecule has 114 valence electrons. The van der Waals surface area contributed by atoms with Crippen molar-refractivity contribution in [1.29, 1.82) is 0 Å². The average Bonchev–Trinajstić information content (AvgIpc) is 3.19. The van der Waals surface area contributed by atoms with E-state index in [1.54, 1.807) is 0 Å². The van der Waals surface area contributed by atoms with Gasteiger partial charge in [0.1, 0.15) is 0 Å². The van der Waals surface area contributed by atoms with Crippen molar-refractivity contribution in [3.05, 3.63) is 0 Å². The highest BCUT2D eigenvalue weighted by atomic mass is 16.4. The molecule has 0 radical (unpaired) electrons. The Hall–Kier alpha value is -1.26. The van der Waals surface area contributed by atoms with E-state index in [1.165, 1.54) is 25.7 Å². The highest BCUT2D eigenvalue weighted by Crippen LogP contribution is 2.48. The third-order valence-electron chi connectivity index (χ3n) is 4.37. The Kier molecular flexibility index (Phi) is 4.55. The zero-order valence-corrected chi connectivity index (χ0v) is 12.4. The third kappa shape index (κ3) is 5.02. The lowest BCUT2D eigenvalue weighted by molar-refractivity contribution is -0.137. The van der Waals surface area contributed by atoms with Crippen molar-refractivity contribution in [2.24, 2.45) is 17.8 Å². The summed E-state index contributed by atoms with van der Waals surface area (Å²) in [6.07, 6.45) is 5.76. The smallest absolute Gasteiger partial charge is 0.315 e. The van der Waals surface area contributed by atoms with Gasteiger partial charge in [-0.05, 0) is 63.7 Å². The molecular formula is C15H26N2O3. The monoisotopic (exact) mass is 282 g/mol. The molecule has 0 aromatic heterocycles. The average molecular weight is 282 g/mol. The molecular weight excluding hydrogens is 256 g/mol. The van der Waals surface area contributed by atoms with Gasteiger partial charge < -0.3 is 15.7 Å². The molecule has 3 N–H and O–H groups in total. The van der Waals surface area contributed by atoms with Crippen LogP contribution < -0.4 is 10.6 Å². The van der Waals surface area contributed by atoms with Crippen LogP contribution in [0, 0.1) is 17.8 Å². The van der Waals surface area contributed by atoms with Crippen LogP contribution in [-0.2, 0) is 4.79 Å². The Balaban J connectivity index is 1.69. The number of amides is 2. The van der Waals surface area contributed by atoms with E-state index < -0.39 is 11.5 Å². The van der Waals surface area contributed by atoms with Crippen molar-refractivity contribution in [1.82, 2.24) is 10.6 Å². The second kappa shape index (κ2) is 6.02. The molecule has 0 saturated heterocycles. The molecule has 20 heavy (non-hydrogen) atoms. The second-order valence-corrected chi connectivity index (χ2v) is 6.95. The predicted octanol–water partition coefficient (Wildman–Crippen LogP) is 2.37. The van der Waals surface area contributed by atoms with Crippen molar-refractivity contribution >= 4 is 12.0 Å². The summed E-state index contributed by atoms with van der Waals surface area (Å²) in [6, 6.07) is -0.174. The molecule has 2 amide bonds. The summed E-state index contributed by atoms with van der Waals surface area (Å²) in [5, 5.41) is 14.5.